The molecule has 0 bridgehead atoms. The maximum atomic E-state index is 11.5. The van der Waals surface area contributed by atoms with Crippen LogP contribution in [0.15, 0.2) is 47.8 Å². The molecule has 3 rings (SSSR count). The van der Waals surface area contributed by atoms with E-state index in [1.165, 1.54) is 11.8 Å². The topological polar surface area (TPSA) is 78.4 Å². The molecule has 0 aliphatic heterocycles. The summed E-state index contributed by atoms with van der Waals surface area (Å²) in [5, 5.41) is 18.8. The Morgan fingerprint density at radius 1 is 1.36 bits per heavy atom. The third-order valence-electron chi connectivity index (χ3n) is 3.96. The number of carbonyl (C=O) groups is 1. The van der Waals surface area contributed by atoms with Gasteiger partial charge in [-0.3, -0.25) is 9.78 Å². The van der Waals surface area contributed by atoms with Gasteiger partial charge in [-0.1, -0.05) is 0 Å². The van der Waals surface area contributed by atoms with Crippen molar-refractivity contribution in [1.82, 2.24) is 9.38 Å². The van der Waals surface area contributed by atoms with Crippen molar-refractivity contribution in [3.8, 4) is 17.3 Å². The van der Waals surface area contributed by atoms with Crippen LogP contribution in [0.25, 0.3) is 16.8 Å². The first kappa shape index (κ1) is 17.1. The van der Waals surface area contributed by atoms with Crippen LogP contribution in [0.2, 0.25) is 0 Å². The number of rotatable bonds is 4. The highest BCUT2D eigenvalue weighted by Crippen LogP contribution is 2.39. The van der Waals surface area contributed by atoms with Crippen LogP contribution < -0.4 is 0 Å². The van der Waals surface area contributed by atoms with Crippen LogP contribution >= 0.6 is 11.8 Å². The maximum absolute atomic E-state index is 11.5. The molecule has 0 unspecified atom stereocenters. The number of fused-ring (bicyclic) bond motifs is 1. The minimum Gasteiger partial charge on any atom is -0.480 e. The lowest BCUT2D eigenvalue weighted by Crippen LogP contribution is -2.27. The molecule has 5 nitrogen and oxygen atoms in total. The highest BCUT2D eigenvalue weighted by atomic mass is 32.2. The van der Waals surface area contributed by atoms with Gasteiger partial charge in [0.1, 0.15) is 10.8 Å². The SMILES string of the molecule is Cc1cc2c(C#N)ccc(-c3cnccc3SC(C)(C)C(=O)O)n2c1. The number of nitriles is 1. The van der Waals surface area contributed by atoms with Gasteiger partial charge in [-0.25, -0.2) is 0 Å². The maximum Gasteiger partial charge on any atom is 0.319 e. The Morgan fingerprint density at radius 2 is 2.12 bits per heavy atom. The van der Waals surface area contributed by atoms with Gasteiger partial charge in [0.05, 0.1) is 16.8 Å². The van der Waals surface area contributed by atoms with Crippen LogP contribution in [0.5, 0.6) is 0 Å². The van der Waals surface area contributed by atoms with Crippen LogP contribution in [0.4, 0.5) is 0 Å². The molecule has 0 spiro atoms. The third kappa shape index (κ3) is 3.11. The fourth-order valence-electron chi connectivity index (χ4n) is 2.63. The van der Waals surface area contributed by atoms with Gasteiger partial charge in [0.15, 0.2) is 0 Å². The van der Waals surface area contributed by atoms with Gasteiger partial charge < -0.3 is 9.51 Å². The molecule has 3 aromatic rings. The van der Waals surface area contributed by atoms with Crippen molar-refractivity contribution in [2.75, 3.05) is 0 Å². The Labute approximate surface area is 149 Å². The number of aromatic nitrogens is 2. The van der Waals surface area contributed by atoms with E-state index < -0.39 is 10.7 Å². The number of thioether (sulfide) groups is 1. The molecule has 0 fully saturated rings. The average Bonchev–Trinajstić information content (AvgIpc) is 2.95. The molecule has 0 saturated heterocycles. The van der Waals surface area contributed by atoms with Crippen molar-refractivity contribution in [2.45, 2.75) is 30.4 Å². The zero-order valence-electron chi connectivity index (χ0n) is 14.1. The van der Waals surface area contributed by atoms with Crippen LogP contribution in [-0.4, -0.2) is 25.2 Å². The summed E-state index contributed by atoms with van der Waals surface area (Å²) in [6, 6.07) is 9.66. The number of carboxylic acid groups (broad SMARTS) is 1. The highest BCUT2D eigenvalue weighted by molar-refractivity contribution is 8.01. The van der Waals surface area contributed by atoms with E-state index in [4.69, 9.17) is 0 Å². The largest absolute Gasteiger partial charge is 0.480 e. The molecule has 0 saturated carbocycles. The number of hydrogen-bond acceptors (Lipinski definition) is 4. The van der Waals surface area contributed by atoms with E-state index in [-0.39, 0.29) is 0 Å². The van der Waals surface area contributed by atoms with E-state index in [0.717, 1.165) is 27.2 Å². The first-order chi connectivity index (χ1) is 11.8. The van der Waals surface area contributed by atoms with Crippen LogP contribution in [0, 0.1) is 18.3 Å². The smallest absolute Gasteiger partial charge is 0.319 e. The standard InChI is InChI=1S/C19H17N3O2S/c1-12-8-16-13(9-20)4-5-15(22(16)11-12)14-10-21-7-6-17(14)25-19(2,3)18(23)24/h4-8,10-11H,1-3H3,(H,23,24). The van der Waals surface area contributed by atoms with E-state index >= 15 is 0 Å². The monoisotopic (exact) mass is 351 g/mol. The molecule has 3 aromatic heterocycles. The van der Waals surface area contributed by atoms with Gasteiger partial charge in [-0.15, -0.1) is 11.8 Å². The molecular formula is C19H17N3O2S. The number of carboxylic acids is 1. The van der Waals surface area contributed by atoms with Crippen LogP contribution in [0.1, 0.15) is 25.0 Å². The first-order valence-electron chi connectivity index (χ1n) is 7.72. The third-order valence-corrected chi connectivity index (χ3v) is 5.22. The highest BCUT2D eigenvalue weighted by Gasteiger charge is 2.29. The van der Waals surface area contributed by atoms with Crippen LogP contribution in [0.3, 0.4) is 0 Å². The molecule has 0 aromatic carbocycles. The van der Waals surface area contributed by atoms with Gasteiger partial charge >= 0.3 is 5.97 Å². The number of pyridine rings is 2. The minimum atomic E-state index is -0.964. The molecule has 0 aliphatic carbocycles. The molecule has 1 N–H and O–H groups in total. The second kappa shape index (κ2) is 6.26. The van der Waals surface area contributed by atoms with Crippen molar-refractivity contribution in [1.29, 1.82) is 5.26 Å². The number of nitrogens with zero attached hydrogens (tertiary/aromatic N) is 3. The average molecular weight is 351 g/mol. The Balaban J connectivity index is 2.21. The molecule has 0 radical (unpaired) electrons. The number of aliphatic carboxylic acids is 1. The van der Waals surface area contributed by atoms with Gasteiger partial charge in [0.2, 0.25) is 0 Å². The van der Waals surface area contributed by atoms with Gasteiger partial charge in [-0.2, -0.15) is 5.26 Å². The van der Waals surface area contributed by atoms with E-state index in [9.17, 15) is 15.2 Å². The Bertz CT molecular complexity index is 1020. The number of hydrogen-bond donors (Lipinski definition) is 1. The van der Waals surface area contributed by atoms with E-state index in [1.807, 2.05) is 35.7 Å². The minimum absolute atomic E-state index is 0.598. The number of aryl methyl sites for hydroxylation is 1. The lowest BCUT2D eigenvalue weighted by atomic mass is 10.1. The van der Waals surface area contributed by atoms with E-state index in [0.29, 0.717) is 5.56 Å². The zero-order chi connectivity index (χ0) is 18.2. The fourth-order valence-corrected chi connectivity index (χ4v) is 3.66. The Morgan fingerprint density at radius 3 is 2.80 bits per heavy atom. The predicted molar refractivity (Wildman–Crippen MR) is 97.7 cm³/mol. The van der Waals surface area contributed by atoms with Crippen molar-refractivity contribution >= 4 is 23.2 Å². The lowest BCUT2D eigenvalue weighted by molar-refractivity contribution is -0.138. The summed E-state index contributed by atoms with van der Waals surface area (Å²) in [7, 11) is 0. The summed E-state index contributed by atoms with van der Waals surface area (Å²) in [6.07, 6.45) is 5.36. The summed E-state index contributed by atoms with van der Waals surface area (Å²) in [5.41, 5.74) is 4.19. The molecule has 3 heterocycles. The Kier molecular flexibility index (Phi) is 4.27. The summed E-state index contributed by atoms with van der Waals surface area (Å²) in [5.74, 6) is -0.873. The summed E-state index contributed by atoms with van der Waals surface area (Å²) >= 11 is 1.28. The molecule has 0 amide bonds. The van der Waals surface area contributed by atoms with Crippen molar-refractivity contribution in [3.63, 3.8) is 0 Å². The van der Waals surface area contributed by atoms with E-state index in [2.05, 4.69) is 11.1 Å². The Hall–Kier alpha value is -2.78. The molecule has 6 heteroatoms. The van der Waals surface area contributed by atoms with Crippen LogP contribution in [-0.2, 0) is 4.79 Å². The van der Waals surface area contributed by atoms with Gasteiger partial charge in [0, 0.05) is 29.0 Å². The summed E-state index contributed by atoms with van der Waals surface area (Å²) in [6.45, 7) is 5.33. The quantitative estimate of drug-likeness (QED) is 0.715. The first-order valence-corrected chi connectivity index (χ1v) is 8.54. The van der Waals surface area contributed by atoms with Gasteiger partial charge in [0.25, 0.3) is 0 Å². The van der Waals surface area contributed by atoms with Crippen molar-refractivity contribution < 1.29 is 9.90 Å². The summed E-state index contributed by atoms with van der Waals surface area (Å²) in [4.78, 5) is 16.5. The molecule has 25 heavy (non-hydrogen) atoms. The lowest BCUT2D eigenvalue weighted by Gasteiger charge is -2.20. The van der Waals surface area contributed by atoms with Gasteiger partial charge in [-0.05, 0) is 50.6 Å². The molecule has 126 valence electrons. The summed E-state index contributed by atoms with van der Waals surface area (Å²) < 4.78 is 0.997. The molecule has 0 aliphatic rings. The van der Waals surface area contributed by atoms with Crippen molar-refractivity contribution in [2.24, 2.45) is 0 Å². The molecule has 0 atom stereocenters. The molecular weight excluding hydrogens is 334 g/mol. The predicted octanol–water partition coefficient (Wildman–Crippen LogP) is 4.14. The normalized spacial score (nSPS) is 11.4. The fraction of sp³-hybridized carbons (Fsp3) is 0.211. The second-order valence-electron chi connectivity index (χ2n) is 6.31. The zero-order valence-corrected chi connectivity index (χ0v) is 15.0. The second-order valence-corrected chi connectivity index (χ2v) is 7.97. The van der Waals surface area contributed by atoms with Crippen molar-refractivity contribution in [3.05, 3.63) is 54.0 Å². The van der Waals surface area contributed by atoms with E-state index in [1.54, 1.807) is 32.3 Å².